The molecule has 17 heavy (non-hydrogen) atoms. The quantitative estimate of drug-likeness (QED) is 0.381. The Bertz CT molecular complexity index is 229. The maximum absolute atomic E-state index is 11.7. The molecular formula is C11H22N2O4. The number of nitrogens with one attached hydrogen (secondary N) is 2. The molecule has 0 aromatic heterocycles. The lowest BCUT2D eigenvalue weighted by Crippen LogP contribution is -2.57. The fourth-order valence-electron chi connectivity index (χ4n) is 1.98. The maximum atomic E-state index is 11.7. The van der Waals surface area contributed by atoms with Gasteiger partial charge in [-0.3, -0.25) is 4.79 Å². The Morgan fingerprint density at radius 3 is 2.41 bits per heavy atom. The number of hydrogen-bond acceptors (Lipinski definition) is 5. The third-order valence-corrected chi connectivity index (χ3v) is 3.19. The zero-order chi connectivity index (χ0) is 12.7. The molecule has 0 aliphatic carbocycles. The molecule has 0 saturated carbocycles. The Labute approximate surface area is 101 Å². The summed E-state index contributed by atoms with van der Waals surface area (Å²) in [5, 5.41) is 33.0. The third-order valence-electron chi connectivity index (χ3n) is 3.19. The predicted octanol–water partition coefficient (Wildman–Crippen LogP) is -1.79. The number of aliphatic hydroxyl groups is 3. The first-order chi connectivity index (χ1) is 8.15. The molecule has 1 fully saturated rings. The van der Waals surface area contributed by atoms with Crippen molar-refractivity contribution in [1.29, 1.82) is 0 Å². The van der Waals surface area contributed by atoms with Crippen LogP contribution in [0.15, 0.2) is 0 Å². The number of aliphatic hydroxyl groups excluding tert-OH is 3. The summed E-state index contributed by atoms with van der Waals surface area (Å²) in [6.45, 7) is 0.377. The van der Waals surface area contributed by atoms with Crippen LogP contribution < -0.4 is 10.6 Å². The van der Waals surface area contributed by atoms with Gasteiger partial charge in [0, 0.05) is 6.42 Å². The minimum absolute atomic E-state index is 0.240. The zero-order valence-electron chi connectivity index (χ0n) is 9.98. The van der Waals surface area contributed by atoms with Crippen molar-refractivity contribution in [3.05, 3.63) is 0 Å². The second kappa shape index (κ2) is 6.90. The van der Waals surface area contributed by atoms with Gasteiger partial charge < -0.3 is 26.0 Å². The first kappa shape index (κ1) is 14.4. The lowest BCUT2D eigenvalue weighted by atomic mass is 9.95. The van der Waals surface area contributed by atoms with Crippen molar-refractivity contribution < 1.29 is 20.1 Å². The first-order valence-corrected chi connectivity index (χ1v) is 6.00. The summed E-state index contributed by atoms with van der Waals surface area (Å²) in [5.41, 5.74) is -1.31. The average molecular weight is 246 g/mol. The van der Waals surface area contributed by atoms with Crippen LogP contribution in [0.2, 0.25) is 0 Å². The van der Waals surface area contributed by atoms with E-state index in [1.807, 2.05) is 0 Å². The van der Waals surface area contributed by atoms with E-state index in [1.54, 1.807) is 0 Å². The minimum atomic E-state index is -1.31. The Kier molecular flexibility index (Phi) is 5.84. The van der Waals surface area contributed by atoms with Gasteiger partial charge in [-0.1, -0.05) is 0 Å². The third kappa shape index (κ3) is 4.23. The van der Waals surface area contributed by atoms with Crippen molar-refractivity contribution in [2.75, 3.05) is 32.9 Å². The minimum Gasteiger partial charge on any atom is -0.394 e. The molecule has 1 atom stereocenters. The molecule has 0 spiro atoms. The van der Waals surface area contributed by atoms with E-state index in [-0.39, 0.29) is 11.8 Å². The number of hydrogen-bond donors (Lipinski definition) is 5. The highest BCUT2D eigenvalue weighted by atomic mass is 16.3. The maximum Gasteiger partial charge on any atom is 0.220 e. The Morgan fingerprint density at radius 1 is 1.29 bits per heavy atom. The fourth-order valence-corrected chi connectivity index (χ4v) is 1.98. The number of carbonyl (C=O) groups excluding carboxylic acids is 1. The normalized spacial score (nSPS) is 21.2. The van der Waals surface area contributed by atoms with Gasteiger partial charge in [-0.2, -0.15) is 0 Å². The highest BCUT2D eigenvalue weighted by molar-refractivity contribution is 5.77. The van der Waals surface area contributed by atoms with E-state index in [0.29, 0.717) is 6.42 Å². The van der Waals surface area contributed by atoms with Crippen LogP contribution in [0.1, 0.15) is 19.3 Å². The molecule has 0 aromatic rings. The molecule has 100 valence electrons. The molecule has 0 radical (unpaired) electrons. The van der Waals surface area contributed by atoms with Crippen LogP contribution in [0.5, 0.6) is 0 Å². The summed E-state index contributed by atoms with van der Waals surface area (Å²) in [7, 11) is 0. The SMILES string of the molecule is O=C(CC1CCCNC1)NC(CO)(CO)CO. The molecule has 1 amide bonds. The predicted molar refractivity (Wildman–Crippen MR) is 62.3 cm³/mol. The van der Waals surface area contributed by atoms with Gasteiger partial charge in [0.1, 0.15) is 5.54 Å². The van der Waals surface area contributed by atoms with Crippen LogP contribution in [0.3, 0.4) is 0 Å². The van der Waals surface area contributed by atoms with Crippen molar-refractivity contribution in [2.45, 2.75) is 24.8 Å². The fraction of sp³-hybridized carbons (Fsp3) is 0.909. The van der Waals surface area contributed by atoms with E-state index in [4.69, 9.17) is 15.3 Å². The van der Waals surface area contributed by atoms with Gasteiger partial charge in [0.2, 0.25) is 5.91 Å². The van der Waals surface area contributed by atoms with Gasteiger partial charge in [0.15, 0.2) is 0 Å². The van der Waals surface area contributed by atoms with Crippen LogP contribution in [-0.4, -0.2) is 59.7 Å². The molecule has 1 aliphatic rings. The topological polar surface area (TPSA) is 102 Å². The van der Waals surface area contributed by atoms with E-state index in [0.717, 1.165) is 25.9 Å². The number of rotatable bonds is 6. The number of piperidine rings is 1. The van der Waals surface area contributed by atoms with E-state index in [9.17, 15) is 4.79 Å². The van der Waals surface area contributed by atoms with Gasteiger partial charge in [0.25, 0.3) is 0 Å². The van der Waals surface area contributed by atoms with Crippen LogP contribution in [0.25, 0.3) is 0 Å². The molecule has 1 rings (SSSR count). The smallest absolute Gasteiger partial charge is 0.220 e. The second-order valence-electron chi connectivity index (χ2n) is 4.72. The van der Waals surface area contributed by atoms with E-state index in [1.165, 1.54) is 0 Å². The molecule has 6 heteroatoms. The van der Waals surface area contributed by atoms with Crippen molar-refractivity contribution in [1.82, 2.24) is 10.6 Å². The van der Waals surface area contributed by atoms with Crippen LogP contribution in [-0.2, 0) is 4.79 Å². The van der Waals surface area contributed by atoms with Crippen molar-refractivity contribution in [3.63, 3.8) is 0 Å². The Balaban J connectivity index is 2.41. The monoisotopic (exact) mass is 246 g/mol. The van der Waals surface area contributed by atoms with Crippen molar-refractivity contribution in [3.8, 4) is 0 Å². The molecule has 1 aliphatic heterocycles. The average Bonchev–Trinajstić information content (AvgIpc) is 2.37. The molecule has 6 nitrogen and oxygen atoms in total. The highest BCUT2D eigenvalue weighted by Gasteiger charge is 2.30. The lowest BCUT2D eigenvalue weighted by Gasteiger charge is -2.30. The van der Waals surface area contributed by atoms with Crippen molar-refractivity contribution >= 4 is 5.91 Å². The Hall–Kier alpha value is -0.690. The number of carbonyl (C=O) groups is 1. The standard InChI is InChI=1S/C11H22N2O4/c14-6-11(7-15,8-16)13-10(17)4-9-2-1-3-12-5-9/h9,12,14-16H,1-8H2,(H,13,17). The van der Waals surface area contributed by atoms with Gasteiger partial charge >= 0.3 is 0 Å². The molecular weight excluding hydrogens is 224 g/mol. The lowest BCUT2D eigenvalue weighted by molar-refractivity contribution is -0.126. The molecule has 5 N–H and O–H groups in total. The molecule has 1 heterocycles. The molecule has 0 aromatic carbocycles. The summed E-state index contributed by atoms with van der Waals surface area (Å²) in [6.07, 6.45) is 2.42. The van der Waals surface area contributed by atoms with Crippen LogP contribution in [0.4, 0.5) is 0 Å². The van der Waals surface area contributed by atoms with Crippen molar-refractivity contribution in [2.24, 2.45) is 5.92 Å². The van der Waals surface area contributed by atoms with Gasteiger partial charge in [-0.15, -0.1) is 0 Å². The summed E-state index contributed by atoms with van der Waals surface area (Å²) >= 11 is 0. The van der Waals surface area contributed by atoms with E-state index in [2.05, 4.69) is 10.6 Å². The van der Waals surface area contributed by atoms with Gasteiger partial charge in [0.05, 0.1) is 19.8 Å². The largest absolute Gasteiger partial charge is 0.394 e. The number of amides is 1. The van der Waals surface area contributed by atoms with Crippen LogP contribution >= 0.6 is 0 Å². The molecule has 0 bridgehead atoms. The summed E-state index contributed by atoms with van der Waals surface area (Å²) in [5.74, 6) is 0.0494. The summed E-state index contributed by atoms with van der Waals surface area (Å²) in [4.78, 5) is 11.7. The summed E-state index contributed by atoms with van der Waals surface area (Å²) < 4.78 is 0. The summed E-state index contributed by atoms with van der Waals surface area (Å²) in [6, 6.07) is 0. The van der Waals surface area contributed by atoms with Crippen LogP contribution in [0, 0.1) is 5.92 Å². The molecule has 1 unspecified atom stereocenters. The van der Waals surface area contributed by atoms with Gasteiger partial charge in [-0.05, 0) is 31.8 Å². The zero-order valence-corrected chi connectivity index (χ0v) is 9.98. The first-order valence-electron chi connectivity index (χ1n) is 6.00. The van der Waals surface area contributed by atoms with E-state index < -0.39 is 25.4 Å². The molecule has 1 saturated heterocycles. The second-order valence-corrected chi connectivity index (χ2v) is 4.72. The van der Waals surface area contributed by atoms with Gasteiger partial charge in [-0.25, -0.2) is 0 Å². The van der Waals surface area contributed by atoms with E-state index >= 15 is 0 Å². The Morgan fingerprint density at radius 2 is 1.94 bits per heavy atom. The highest BCUT2D eigenvalue weighted by Crippen LogP contribution is 2.14.